The summed E-state index contributed by atoms with van der Waals surface area (Å²) in [5.74, 6) is -0.767. The SMILES string of the molecule is CCCCCCCCCOC(=O)/C=C/C(=O)OCCC(CCOC)c1ccccc1. The Bertz CT molecular complexity index is 597. The van der Waals surface area contributed by atoms with Gasteiger partial charge in [-0.1, -0.05) is 75.8 Å². The summed E-state index contributed by atoms with van der Waals surface area (Å²) < 4.78 is 15.5. The number of unbranched alkanes of at least 4 members (excludes halogenated alkanes) is 6. The fraction of sp³-hybridized carbons (Fsp3) is 0.600. The van der Waals surface area contributed by atoms with Crippen LogP contribution in [0.5, 0.6) is 0 Å². The van der Waals surface area contributed by atoms with E-state index in [1.807, 2.05) is 18.2 Å². The van der Waals surface area contributed by atoms with Crippen LogP contribution < -0.4 is 0 Å². The maximum absolute atomic E-state index is 11.8. The van der Waals surface area contributed by atoms with Crippen molar-refractivity contribution in [3.05, 3.63) is 48.0 Å². The third-order valence-electron chi connectivity index (χ3n) is 5.00. The van der Waals surface area contributed by atoms with Crippen LogP contribution in [0.25, 0.3) is 0 Å². The van der Waals surface area contributed by atoms with Crippen LogP contribution in [0.4, 0.5) is 0 Å². The molecule has 1 aromatic rings. The van der Waals surface area contributed by atoms with Crippen LogP contribution in [-0.2, 0) is 23.8 Å². The lowest BCUT2D eigenvalue weighted by Crippen LogP contribution is -2.10. The van der Waals surface area contributed by atoms with E-state index < -0.39 is 11.9 Å². The van der Waals surface area contributed by atoms with Gasteiger partial charge in [-0.05, 0) is 30.7 Å². The van der Waals surface area contributed by atoms with Crippen LogP contribution in [0.1, 0.15) is 76.2 Å². The summed E-state index contributed by atoms with van der Waals surface area (Å²) in [4.78, 5) is 23.5. The van der Waals surface area contributed by atoms with Crippen molar-refractivity contribution in [3.63, 3.8) is 0 Å². The van der Waals surface area contributed by atoms with Gasteiger partial charge in [-0.3, -0.25) is 0 Å². The highest BCUT2D eigenvalue weighted by molar-refractivity contribution is 5.91. The van der Waals surface area contributed by atoms with E-state index >= 15 is 0 Å². The number of hydrogen-bond acceptors (Lipinski definition) is 5. The molecule has 168 valence electrons. The van der Waals surface area contributed by atoms with E-state index in [1.54, 1.807) is 7.11 Å². The molecular weight excluding hydrogens is 380 g/mol. The van der Waals surface area contributed by atoms with Crippen molar-refractivity contribution >= 4 is 11.9 Å². The van der Waals surface area contributed by atoms with Gasteiger partial charge in [0.1, 0.15) is 0 Å². The van der Waals surface area contributed by atoms with Crippen LogP contribution in [0.3, 0.4) is 0 Å². The molecule has 30 heavy (non-hydrogen) atoms. The average Bonchev–Trinajstić information content (AvgIpc) is 2.77. The Morgan fingerprint density at radius 3 is 2.00 bits per heavy atom. The molecule has 1 rings (SSSR count). The highest BCUT2D eigenvalue weighted by Crippen LogP contribution is 2.23. The van der Waals surface area contributed by atoms with Crippen molar-refractivity contribution in [1.82, 2.24) is 0 Å². The second kappa shape index (κ2) is 17.7. The first-order valence-corrected chi connectivity index (χ1v) is 11.2. The monoisotopic (exact) mass is 418 g/mol. The summed E-state index contributed by atoms with van der Waals surface area (Å²) in [6.45, 7) is 3.54. The van der Waals surface area contributed by atoms with Gasteiger partial charge in [0.05, 0.1) is 13.2 Å². The van der Waals surface area contributed by atoms with Crippen molar-refractivity contribution in [1.29, 1.82) is 0 Å². The quantitative estimate of drug-likeness (QED) is 0.187. The molecule has 0 aromatic heterocycles. The van der Waals surface area contributed by atoms with Crippen molar-refractivity contribution in [2.45, 2.75) is 70.6 Å². The first-order valence-electron chi connectivity index (χ1n) is 11.2. The molecule has 0 aliphatic carbocycles. The molecule has 0 bridgehead atoms. The smallest absolute Gasteiger partial charge is 0.331 e. The molecule has 0 aliphatic rings. The highest BCUT2D eigenvalue weighted by Gasteiger charge is 2.12. The number of carbonyl (C=O) groups is 2. The summed E-state index contributed by atoms with van der Waals surface area (Å²) in [5, 5.41) is 0. The molecule has 5 heteroatoms. The van der Waals surface area contributed by atoms with Crippen LogP contribution in [0.15, 0.2) is 42.5 Å². The number of carbonyl (C=O) groups excluding carboxylic acids is 2. The molecule has 0 amide bonds. The van der Waals surface area contributed by atoms with Crippen LogP contribution in [-0.4, -0.2) is 38.9 Å². The maximum atomic E-state index is 11.8. The minimum atomic E-state index is -0.526. The number of benzene rings is 1. The lowest BCUT2D eigenvalue weighted by atomic mass is 9.93. The second-order valence-corrected chi connectivity index (χ2v) is 7.47. The Morgan fingerprint density at radius 2 is 1.37 bits per heavy atom. The normalized spacial score (nSPS) is 12.1. The Morgan fingerprint density at radius 1 is 0.800 bits per heavy atom. The van der Waals surface area contributed by atoms with Gasteiger partial charge >= 0.3 is 11.9 Å². The molecule has 0 N–H and O–H groups in total. The van der Waals surface area contributed by atoms with Gasteiger partial charge in [-0.25, -0.2) is 9.59 Å². The van der Waals surface area contributed by atoms with Gasteiger partial charge in [-0.15, -0.1) is 0 Å². The number of methoxy groups -OCH3 is 1. The summed E-state index contributed by atoms with van der Waals surface area (Å²) in [6.07, 6.45) is 12.0. The van der Waals surface area contributed by atoms with Crippen molar-refractivity contribution in [2.75, 3.05) is 26.9 Å². The lowest BCUT2D eigenvalue weighted by molar-refractivity contribution is -0.140. The number of esters is 2. The third kappa shape index (κ3) is 13.2. The van der Waals surface area contributed by atoms with Crippen LogP contribution in [0.2, 0.25) is 0 Å². The number of hydrogen-bond donors (Lipinski definition) is 0. The standard InChI is InChI=1S/C25H38O5/c1-3-4-5-6-7-8-12-19-29-24(26)15-16-25(27)30-21-18-23(17-20-28-2)22-13-10-9-11-14-22/h9-11,13-16,23H,3-8,12,17-21H2,1-2H3/b16-15+. The molecule has 1 atom stereocenters. The van der Waals surface area contributed by atoms with Gasteiger partial charge in [-0.2, -0.15) is 0 Å². The summed E-state index contributed by atoms with van der Waals surface area (Å²) in [6, 6.07) is 10.1. The first kappa shape index (κ1) is 25.9. The minimum Gasteiger partial charge on any atom is -0.463 e. The van der Waals surface area contributed by atoms with Crippen molar-refractivity contribution < 1.29 is 23.8 Å². The average molecular weight is 419 g/mol. The van der Waals surface area contributed by atoms with Crippen LogP contribution >= 0.6 is 0 Å². The Labute approximate surface area is 181 Å². The predicted molar refractivity (Wildman–Crippen MR) is 119 cm³/mol. The Balaban J connectivity index is 2.19. The van der Waals surface area contributed by atoms with Gasteiger partial charge in [0.15, 0.2) is 0 Å². The van der Waals surface area contributed by atoms with Crippen molar-refractivity contribution in [3.8, 4) is 0 Å². The summed E-state index contributed by atoms with van der Waals surface area (Å²) >= 11 is 0. The van der Waals surface area contributed by atoms with Gasteiger partial charge in [0.25, 0.3) is 0 Å². The van der Waals surface area contributed by atoms with Gasteiger partial charge < -0.3 is 14.2 Å². The largest absolute Gasteiger partial charge is 0.463 e. The Kier molecular flexibility index (Phi) is 15.3. The van der Waals surface area contributed by atoms with Gasteiger partial charge in [0.2, 0.25) is 0 Å². The molecule has 0 saturated carbocycles. The molecule has 0 heterocycles. The van der Waals surface area contributed by atoms with E-state index in [4.69, 9.17) is 14.2 Å². The van der Waals surface area contributed by atoms with Gasteiger partial charge in [0, 0.05) is 25.9 Å². The maximum Gasteiger partial charge on any atom is 0.331 e. The van der Waals surface area contributed by atoms with Crippen molar-refractivity contribution in [2.24, 2.45) is 0 Å². The minimum absolute atomic E-state index is 0.259. The van der Waals surface area contributed by atoms with E-state index in [0.29, 0.717) is 26.2 Å². The molecular formula is C25H38O5. The van der Waals surface area contributed by atoms with E-state index in [2.05, 4.69) is 19.1 Å². The van der Waals surface area contributed by atoms with E-state index in [9.17, 15) is 9.59 Å². The predicted octanol–water partition coefficient (Wildman–Crippen LogP) is 5.59. The third-order valence-corrected chi connectivity index (χ3v) is 5.00. The number of rotatable bonds is 17. The fourth-order valence-corrected chi connectivity index (χ4v) is 3.23. The fourth-order valence-electron chi connectivity index (χ4n) is 3.23. The molecule has 0 fully saturated rings. The topological polar surface area (TPSA) is 61.8 Å². The zero-order valence-corrected chi connectivity index (χ0v) is 18.6. The molecule has 0 spiro atoms. The molecule has 1 aromatic carbocycles. The highest BCUT2D eigenvalue weighted by atomic mass is 16.5. The summed E-state index contributed by atoms with van der Waals surface area (Å²) in [5.41, 5.74) is 1.20. The zero-order chi connectivity index (χ0) is 21.9. The molecule has 5 nitrogen and oxygen atoms in total. The second-order valence-electron chi connectivity index (χ2n) is 7.47. The molecule has 0 radical (unpaired) electrons. The number of ether oxygens (including phenoxy) is 3. The Hall–Kier alpha value is -2.14. The van der Waals surface area contributed by atoms with E-state index in [1.165, 1.54) is 37.7 Å². The molecule has 0 saturated heterocycles. The lowest BCUT2D eigenvalue weighted by Gasteiger charge is -2.16. The van der Waals surface area contributed by atoms with E-state index in [0.717, 1.165) is 31.4 Å². The molecule has 1 unspecified atom stereocenters. The van der Waals surface area contributed by atoms with Crippen LogP contribution in [0, 0.1) is 0 Å². The zero-order valence-electron chi connectivity index (χ0n) is 18.6. The van der Waals surface area contributed by atoms with E-state index in [-0.39, 0.29) is 5.92 Å². The molecule has 0 aliphatic heterocycles. The first-order chi connectivity index (χ1) is 14.7. The summed E-state index contributed by atoms with van der Waals surface area (Å²) in [7, 11) is 1.68.